The van der Waals surface area contributed by atoms with Crippen LogP contribution in [0.3, 0.4) is 0 Å². The molecule has 0 amide bonds. The molecular weight excluding hydrogens is 176 g/mol. The first-order chi connectivity index (χ1) is 6.91. The summed E-state index contributed by atoms with van der Waals surface area (Å²) in [6.45, 7) is 7.52. The summed E-state index contributed by atoms with van der Waals surface area (Å²) in [5.74, 6) is 0. The van der Waals surface area contributed by atoms with E-state index in [-0.39, 0.29) is 0 Å². The summed E-state index contributed by atoms with van der Waals surface area (Å²) in [6, 6.07) is 0. The highest BCUT2D eigenvalue weighted by Gasteiger charge is 1.84. The Bertz CT molecular complexity index is 107. The highest BCUT2D eigenvalue weighted by molar-refractivity contribution is 4.80. The van der Waals surface area contributed by atoms with Crippen LogP contribution in [0.25, 0.3) is 0 Å². The van der Waals surface area contributed by atoms with Gasteiger partial charge in [0.1, 0.15) is 0 Å². The van der Waals surface area contributed by atoms with Crippen molar-refractivity contribution in [1.29, 1.82) is 0 Å². The molecular formula is C12H24O2. The summed E-state index contributed by atoms with van der Waals surface area (Å²) in [7, 11) is 0. The van der Waals surface area contributed by atoms with E-state index in [4.69, 9.17) is 9.47 Å². The smallest absolute Gasteiger partial charge is 0.0648 e. The zero-order valence-corrected chi connectivity index (χ0v) is 9.63. The maximum atomic E-state index is 5.36. The van der Waals surface area contributed by atoms with Crippen LogP contribution in [-0.2, 0) is 9.47 Å². The van der Waals surface area contributed by atoms with Gasteiger partial charge in [-0.25, -0.2) is 0 Å². The van der Waals surface area contributed by atoms with Gasteiger partial charge in [-0.2, -0.15) is 0 Å². The number of rotatable bonds is 10. The van der Waals surface area contributed by atoms with E-state index in [2.05, 4.69) is 13.8 Å². The third-order valence-corrected chi connectivity index (χ3v) is 1.88. The van der Waals surface area contributed by atoms with Crippen molar-refractivity contribution in [1.82, 2.24) is 0 Å². The highest BCUT2D eigenvalue weighted by Crippen LogP contribution is 1.89. The molecule has 0 fully saturated rings. The fraction of sp³-hybridized carbons (Fsp3) is 0.833. The van der Waals surface area contributed by atoms with Gasteiger partial charge in [-0.15, -0.1) is 0 Å². The van der Waals surface area contributed by atoms with Crippen molar-refractivity contribution < 1.29 is 9.47 Å². The van der Waals surface area contributed by atoms with Crippen LogP contribution < -0.4 is 0 Å². The van der Waals surface area contributed by atoms with Crippen LogP contribution >= 0.6 is 0 Å². The molecule has 2 nitrogen and oxygen atoms in total. The van der Waals surface area contributed by atoms with E-state index in [0.29, 0.717) is 0 Å². The van der Waals surface area contributed by atoms with E-state index in [9.17, 15) is 0 Å². The van der Waals surface area contributed by atoms with Crippen molar-refractivity contribution in [2.75, 3.05) is 26.4 Å². The summed E-state index contributed by atoms with van der Waals surface area (Å²) in [6.07, 6.45) is 8.76. The number of ether oxygens (including phenoxy) is 2. The van der Waals surface area contributed by atoms with Gasteiger partial charge >= 0.3 is 0 Å². The molecule has 0 spiro atoms. The van der Waals surface area contributed by atoms with Crippen molar-refractivity contribution in [2.24, 2.45) is 0 Å². The number of hydrogen-bond donors (Lipinski definition) is 0. The lowest BCUT2D eigenvalue weighted by Crippen LogP contribution is -1.96. The Labute approximate surface area is 88.3 Å². The lowest BCUT2D eigenvalue weighted by molar-refractivity contribution is 0.150. The van der Waals surface area contributed by atoms with Crippen molar-refractivity contribution in [3.05, 3.63) is 12.2 Å². The van der Waals surface area contributed by atoms with Crippen LogP contribution in [0.4, 0.5) is 0 Å². The SMILES string of the molecule is CCCCOCC=CCOCCCC. The van der Waals surface area contributed by atoms with E-state index in [0.717, 1.165) is 39.3 Å². The topological polar surface area (TPSA) is 18.5 Å². The third kappa shape index (κ3) is 11.7. The van der Waals surface area contributed by atoms with Crippen molar-refractivity contribution in [3.63, 3.8) is 0 Å². The predicted molar refractivity (Wildman–Crippen MR) is 60.6 cm³/mol. The molecule has 0 aromatic rings. The molecule has 0 aromatic heterocycles. The molecule has 0 saturated heterocycles. The van der Waals surface area contributed by atoms with Crippen molar-refractivity contribution in [2.45, 2.75) is 39.5 Å². The van der Waals surface area contributed by atoms with Crippen LogP contribution in [-0.4, -0.2) is 26.4 Å². The van der Waals surface area contributed by atoms with Gasteiger partial charge in [0.25, 0.3) is 0 Å². The number of unbranched alkanes of at least 4 members (excludes halogenated alkanes) is 2. The minimum Gasteiger partial charge on any atom is -0.377 e. The van der Waals surface area contributed by atoms with Crippen LogP contribution in [0, 0.1) is 0 Å². The molecule has 0 aromatic carbocycles. The summed E-state index contributed by atoms with van der Waals surface area (Å²) in [4.78, 5) is 0. The van der Waals surface area contributed by atoms with E-state index in [1.165, 1.54) is 12.8 Å². The molecule has 0 heterocycles. The molecule has 84 valence electrons. The Morgan fingerprint density at radius 1 is 0.786 bits per heavy atom. The number of hydrogen-bond acceptors (Lipinski definition) is 2. The van der Waals surface area contributed by atoms with Crippen LogP contribution in [0.5, 0.6) is 0 Å². The largest absolute Gasteiger partial charge is 0.377 e. The summed E-state index contributed by atoms with van der Waals surface area (Å²) in [5, 5.41) is 0. The summed E-state index contributed by atoms with van der Waals surface area (Å²) < 4.78 is 10.7. The Kier molecular flexibility index (Phi) is 12.4. The van der Waals surface area contributed by atoms with Crippen LogP contribution in [0.2, 0.25) is 0 Å². The van der Waals surface area contributed by atoms with E-state index < -0.39 is 0 Å². The van der Waals surface area contributed by atoms with Gasteiger partial charge in [-0.05, 0) is 12.8 Å². The molecule has 0 aliphatic carbocycles. The monoisotopic (exact) mass is 200 g/mol. The van der Waals surface area contributed by atoms with Gasteiger partial charge in [0.2, 0.25) is 0 Å². The minimum absolute atomic E-state index is 0.719. The van der Waals surface area contributed by atoms with Crippen LogP contribution in [0.1, 0.15) is 39.5 Å². The zero-order chi connectivity index (χ0) is 10.5. The molecule has 0 unspecified atom stereocenters. The molecule has 0 N–H and O–H groups in total. The third-order valence-electron chi connectivity index (χ3n) is 1.88. The average molecular weight is 200 g/mol. The summed E-state index contributed by atoms with van der Waals surface area (Å²) in [5.41, 5.74) is 0. The van der Waals surface area contributed by atoms with E-state index in [1.54, 1.807) is 0 Å². The van der Waals surface area contributed by atoms with Gasteiger partial charge in [-0.3, -0.25) is 0 Å². The Hall–Kier alpha value is -0.340. The first-order valence-electron chi connectivity index (χ1n) is 5.72. The normalized spacial score (nSPS) is 11.3. The highest BCUT2D eigenvalue weighted by atomic mass is 16.5. The molecule has 0 aliphatic rings. The molecule has 0 saturated carbocycles. The quantitative estimate of drug-likeness (QED) is 0.398. The van der Waals surface area contributed by atoms with Gasteiger partial charge < -0.3 is 9.47 Å². The molecule has 0 aliphatic heterocycles. The fourth-order valence-electron chi connectivity index (χ4n) is 0.932. The second kappa shape index (κ2) is 12.7. The lowest BCUT2D eigenvalue weighted by atomic mass is 10.4. The zero-order valence-electron chi connectivity index (χ0n) is 9.63. The van der Waals surface area contributed by atoms with Gasteiger partial charge in [0.15, 0.2) is 0 Å². The molecule has 14 heavy (non-hydrogen) atoms. The molecule has 0 rings (SSSR count). The fourth-order valence-corrected chi connectivity index (χ4v) is 0.932. The predicted octanol–water partition coefficient (Wildman–Crippen LogP) is 3.18. The Morgan fingerprint density at radius 2 is 1.21 bits per heavy atom. The molecule has 2 heteroatoms. The van der Waals surface area contributed by atoms with Crippen LogP contribution in [0.15, 0.2) is 12.2 Å². The van der Waals surface area contributed by atoms with Crippen molar-refractivity contribution >= 4 is 0 Å². The summed E-state index contributed by atoms with van der Waals surface area (Å²) >= 11 is 0. The first-order valence-corrected chi connectivity index (χ1v) is 5.72. The second-order valence-electron chi connectivity index (χ2n) is 3.33. The maximum absolute atomic E-state index is 5.36. The lowest BCUT2D eigenvalue weighted by Gasteiger charge is -1.99. The Balaban J connectivity index is 2.96. The van der Waals surface area contributed by atoms with Gasteiger partial charge in [0, 0.05) is 13.2 Å². The standard InChI is InChI=1S/C12H24O2/c1-3-5-9-13-11-7-8-12-14-10-6-4-2/h7-8H,3-6,9-12H2,1-2H3. The minimum atomic E-state index is 0.719. The van der Waals surface area contributed by atoms with Crippen molar-refractivity contribution in [3.8, 4) is 0 Å². The Morgan fingerprint density at radius 3 is 1.57 bits per heavy atom. The van der Waals surface area contributed by atoms with E-state index in [1.807, 2.05) is 12.2 Å². The van der Waals surface area contributed by atoms with E-state index >= 15 is 0 Å². The molecule has 0 bridgehead atoms. The maximum Gasteiger partial charge on any atom is 0.0648 e. The average Bonchev–Trinajstić information content (AvgIpc) is 2.21. The molecule has 0 radical (unpaired) electrons. The first kappa shape index (κ1) is 13.7. The van der Waals surface area contributed by atoms with Gasteiger partial charge in [0.05, 0.1) is 13.2 Å². The second-order valence-corrected chi connectivity index (χ2v) is 3.33. The molecule has 0 atom stereocenters. The van der Waals surface area contributed by atoms with Gasteiger partial charge in [-0.1, -0.05) is 38.8 Å².